The number of amides is 2. The quantitative estimate of drug-likeness (QED) is 0.763. The minimum Gasteiger partial charge on any atom is -0.376 e. The maximum absolute atomic E-state index is 11.8. The molecule has 6 heteroatoms. The SMILES string of the molecule is NC(=O)c1ccccc1NCC(=O)NCc1ccccc1Cl. The maximum atomic E-state index is 11.8. The average Bonchev–Trinajstić information content (AvgIpc) is 2.52. The number of hydrogen-bond donors (Lipinski definition) is 3. The highest BCUT2D eigenvalue weighted by molar-refractivity contribution is 6.31. The molecule has 0 saturated carbocycles. The van der Waals surface area contributed by atoms with Gasteiger partial charge in [-0.25, -0.2) is 0 Å². The second kappa shape index (κ2) is 7.47. The number of benzene rings is 2. The molecule has 2 rings (SSSR count). The van der Waals surface area contributed by atoms with Crippen molar-refractivity contribution in [2.45, 2.75) is 6.54 Å². The van der Waals surface area contributed by atoms with E-state index in [1.165, 1.54) is 0 Å². The molecule has 0 unspecified atom stereocenters. The van der Waals surface area contributed by atoms with Crippen molar-refractivity contribution in [1.82, 2.24) is 5.32 Å². The van der Waals surface area contributed by atoms with Crippen molar-refractivity contribution in [3.05, 3.63) is 64.7 Å². The van der Waals surface area contributed by atoms with Crippen LogP contribution in [0.2, 0.25) is 5.02 Å². The van der Waals surface area contributed by atoms with Gasteiger partial charge in [0.05, 0.1) is 12.1 Å². The van der Waals surface area contributed by atoms with Crippen molar-refractivity contribution in [2.24, 2.45) is 5.73 Å². The molecule has 0 aliphatic rings. The van der Waals surface area contributed by atoms with E-state index in [1.807, 2.05) is 18.2 Å². The van der Waals surface area contributed by atoms with E-state index in [0.717, 1.165) is 5.56 Å². The van der Waals surface area contributed by atoms with Gasteiger partial charge in [0.2, 0.25) is 5.91 Å². The first-order valence-corrected chi connectivity index (χ1v) is 7.08. The lowest BCUT2D eigenvalue weighted by atomic mass is 10.1. The molecule has 4 N–H and O–H groups in total. The molecule has 0 radical (unpaired) electrons. The van der Waals surface area contributed by atoms with Crippen molar-refractivity contribution in [2.75, 3.05) is 11.9 Å². The summed E-state index contributed by atoms with van der Waals surface area (Å²) in [5.41, 5.74) is 7.00. The topological polar surface area (TPSA) is 84.2 Å². The summed E-state index contributed by atoms with van der Waals surface area (Å²) in [5.74, 6) is -0.751. The molecule has 0 aliphatic carbocycles. The third kappa shape index (κ3) is 4.23. The van der Waals surface area contributed by atoms with E-state index in [4.69, 9.17) is 17.3 Å². The minimum absolute atomic E-state index is 0.0365. The van der Waals surface area contributed by atoms with Gasteiger partial charge in [0.1, 0.15) is 0 Å². The fourth-order valence-corrected chi connectivity index (χ4v) is 2.13. The summed E-state index contributed by atoms with van der Waals surface area (Å²) in [6.45, 7) is 0.381. The summed E-state index contributed by atoms with van der Waals surface area (Å²) in [6.07, 6.45) is 0. The Bertz CT molecular complexity index is 689. The predicted octanol–water partition coefficient (Wildman–Crippen LogP) is 2.17. The molecule has 22 heavy (non-hydrogen) atoms. The van der Waals surface area contributed by atoms with Gasteiger partial charge in [-0.2, -0.15) is 0 Å². The van der Waals surface area contributed by atoms with Crippen LogP contribution < -0.4 is 16.4 Å². The van der Waals surface area contributed by atoms with Gasteiger partial charge in [0.25, 0.3) is 5.91 Å². The Morgan fingerprint density at radius 1 is 1.05 bits per heavy atom. The molecular weight excluding hydrogens is 302 g/mol. The molecule has 0 bridgehead atoms. The number of halogens is 1. The zero-order valence-corrected chi connectivity index (χ0v) is 12.6. The Balaban J connectivity index is 1.89. The van der Waals surface area contributed by atoms with Crippen LogP contribution in [0.25, 0.3) is 0 Å². The largest absolute Gasteiger partial charge is 0.376 e. The zero-order valence-electron chi connectivity index (χ0n) is 11.8. The van der Waals surface area contributed by atoms with Crippen LogP contribution in [0.1, 0.15) is 15.9 Å². The van der Waals surface area contributed by atoms with Crippen LogP contribution in [0, 0.1) is 0 Å². The van der Waals surface area contributed by atoms with Gasteiger partial charge in [-0.15, -0.1) is 0 Å². The lowest BCUT2D eigenvalue weighted by Gasteiger charge is -2.10. The predicted molar refractivity (Wildman–Crippen MR) is 86.7 cm³/mol. The van der Waals surface area contributed by atoms with E-state index in [2.05, 4.69) is 10.6 Å². The number of anilines is 1. The first-order chi connectivity index (χ1) is 10.6. The van der Waals surface area contributed by atoms with Crippen LogP contribution in [0.15, 0.2) is 48.5 Å². The molecule has 0 saturated heterocycles. The summed E-state index contributed by atoms with van der Waals surface area (Å²) in [7, 11) is 0. The molecule has 0 fully saturated rings. The Morgan fingerprint density at radius 3 is 2.45 bits per heavy atom. The fraction of sp³-hybridized carbons (Fsp3) is 0.125. The van der Waals surface area contributed by atoms with Crippen molar-refractivity contribution >= 4 is 29.1 Å². The van der Waals surface area contributed by atoms with E-state index in [1.54, 1.807) is 30.3 Å². The lowest BCUT2D eigenvalue weighted by molar-refractivity contribution is -0.119. The highest BCUT2D eigenvalue weighted by Crippen LogP contribution is 2.15. The second-order valence-corrected chi connectivity index (χ2v) is 5.04. The summed E-state index contributed by atoms with van der Waals surface area (Å²) in [5, 5.41) is 6.26. The normalized spacial score (nSPS) is 10.0. The zero-order chi connectivity index (χ0) is 15.9. The average molecular weight is 318 g/mol. The van der Waals surface area contributed by atoms with Gasteiger partial charge in [0.15, 0.2) is 0 Å². The third-order valence-electron chi connectivity index (χ3n) is 3.07. The van der Waals surface area contributed by atoms with Gasteiger partial charge in [-0.1, -0.05) is 41.9 Å². The molecule has 0 aliphatic heterocycles. The number of nitrogens with two attached hydrogens (primary N) is 1. The number of primary amides is 1. The number of hydrogen-bond acceptors (Lipinski definition) is 3. The highest BCUT2D eigenvalue weighted by Gasteiger charge is 2.08. The first kappa shape index (κ1) is 15.9. The van der Waals surface area contributed by atoms with Gasteiger partial charge >= 0.3 is 0 Å². The maximum Gasteiger partial charge on any atom is 0.250 e. The van der Waals surface area contributed by atoms with E-state index < -0.39 is 5.91 Å². The molecule has 5 nitrogen and oxygen atoms in total. The number of para-hydroxylation sites is 1. The molecular formula is C16H16ClN3O2. The number of rotatable bonds is 6. The number of carbonyl (C=O) groups excluding carboxylic acids is 2. The summed E-state index contributed by atoms with van der Waals surface area (Å²) >= 11 is 6.02. The van der Waals surface area contributed by atoms with Crippen molar-refractivity contribution in [3.8, 4) is 0 Å². The summed E-state index contributed by atoms with van der Waals surface area (Å²) in [6, 6.07) is 14.1. The van der Waals surface area contributed by atoms with Crippen LogP contribution in [0.4, 0.5) is 5.69 Å². The van der Waals surface area contributed by atoms with Gasteiger partial charge < -0.3 is 16.4 Å². The Morgan fingerprint density at radius 2 is 1.73 bits per heavy atom. The Hall–Kier alpha value is -2.53. The summed E-state index contributed by atoms with van der Waals surface area (Å²) < 4.78 is 0. The number of carbonyl (C=O) groups is 2. The molecule has 0 spiro atoms. The van der Waals surface area contributed by atoms with E-state index >= 15 is 0 Å². The van der Waals surface area contributed by atoms with Crippen LogP contribution in [-0.2, 0) is 11.3 Å². The van der Waals surface area contributed by atoms with Crippen molar-refractivity contribution in [3.63, 3.8) is 0 Å². The summed E-state index contributed by atoms with van der Waals surface area (Å²) in [4.78, 5) is 23.1. The van der Waals surface area contributed by atoms with Crippen LogP contribution >= 0.6 is 11.6 Å². The van der Waals surface area contributed by atoms with Crippen LogP contribution in [0.3, 0.4) is 0 Å². The van der Waals surface area contributed by atoms with Gasteiger partial charge in [-0.3, -0.25) is 9.59 Å². The van der Waals surface area contributed by atoms with E-state index in [-0.39, 0.29) is 12.5 Å². The van der Waals surface area contributed by atoms with Crippen LogP contribution in [0.5, 0.6) is 0 Å². The highest BCUT2D eigenvalue weighted by atomic mass is 35.5. The minimum atomic E-state index is -0.542. The lowest BCUT2D eigenvalue weighted by Crippen LogP contribution is -2.30. The molecule has 2 aromatic rings. The Labute approximate surface area is 133 Å². The number of nitrogens with one attached hydrogen (secondary N) is 2. The molecule has 0 aromatic heterocycles. The van der Waals surface area contributed by atoms with Crippen LogP contribution in [-0.4, -0.2) is 18.4 Å². The van der Waals surface area contributed by atoms with E-state index in [9.17, 15) is 9.59 Å². The van der Waals surface area contributed by atoms with E-state index in [0.29, 0.717) is 22.8 Å². The molecule has 0 atom stereocenters. The smallest absolute Gasteiger partial charge is 0.250 e. The third-order valence-corrected chi connectivity index (χ3v) is 3.43. The molecule has 114 valence electrons. The fourth-order valence-electron chi connectivity index (χ4n) is 1.93. The van der Waals surface area contributed by atoms with Gasteiger partial charge in [0, 0.05) is 17.3 Å². The standard InChI is InChI=1S/C16H16ClN3O2/c17-13-7-3-1-5-11(13)9-20-15(21)10-19-14-8-4-2-6-12(14)16(18)22/h1-8,19H,9-10H2,(H2,18,22)(H,20,21). The molecule has 2 amide bonds. The van der Waals surface area contributed by atoms with Crippen molar-refractivity contribution < 1.29 is 9.59 Å². The second-order valence-electron chi connectivity index (χ2n) is 4.63. The molecule has 2 aromatic carbocycles. The first-order valence-electron chi connectivity index (χ1n) is 6.70. The Kier molecular flexibility index (Phi) is 5.38. The monoisotopic (exact) mass is 317 g/mol. The van der Waals surface area contributed by atoms with Gasteiger partial charge in [-0.05, 0) is 23.8 Å². The molecule has 0 heterocycles. The van der Waals surface area contributed by atoms with Crippen molar-refractivity contribution in [1.29, 1.82) is 0 Å².